The van der Waals surface area contributed by atoms with Gasteiger partial charge in [0.1, 0.15) is 5.82 Å². The Bertz CT molecular complexity index is 307. The average molecular weight is 191 g/mol. The van der Waals surface area contributed by atoms with E-state index >= 15 is 0 Å². The molecule has 1 atom stereocenters. The van der Waals surface area contributed by atoms with E-state index in [0.29, 0.717) is 0 Å². The summed E-state index contributed by atoms with van der Waals surface area (Å²) in [5.41, 5.74) is 6.51. The molecule has 0 aliphatic heterocycles. The molecule has 0 bridgehead atoms. The van der Waals surface area contributed by atoms with Gasteiger partial charge in [0.15, 0.2) is 0 Å². The Balaban J connectivity index is 1.87. The maximum absolute atomic E-state index is 5.77. The van der Waals surface area contributed by atoms with E-state index in [1.165, 1.54) is 12.8 Å². The number of nitrogen functional groups attached to an aromatic ring is 1. The summed E-state index contributed by atoms with van der Waals surface area (Å²) >= 11 is 0. The summed E-state index contributed by atoms with van der Waals surface area (Å²) in [4.78, 5) is 4.19. The lowest BCUT2D eigenvalue weighted by atomic mass is 10.1. The van der Waals surface area contributed by atoms with Crippen molar-refractivity contribution in [1.29, 1.82) is 0 Å². The van der Waals surface area contributed by atoms with E-state index < -0.39 is 0 Å². The molecule has 76 valence electrons. The van der Waals surface area contributed by atoms with Gasteiger partial charge in [-0.2, -0.15) is 0 Å². The smallest absolute Gasteiger partial charge is 0.149 e. The zero-order valence-corrected chi connectivity index (χ0v) is 8.53. The Labute approximate surface area is 84.7 Å². The average Bonchev–Trinajstić information content (AvgIpc) is 2.99. The normalized spacial score (nSPS) is 17.8. The van der Waals surface area contributed by atoms with E-state index in [9.17, 15) is 0 Å². The van der Waals surface area contributed by atoms with Crippen LogP contribution < -0.4 is 11.1 Å². The van der Waals surface area contributed by atoms with Crippen molar-refractivity contribution in [3.8, 4) is 0 Å². The topological polar surface area (TPSA) is 50.9 Å². The molecule has 3 heteroatoms. The van der Waals surface area contributed by atoms with Crippen molar-refractivity contribution in [2.45, 2.75) is 19.8 Å². The molecule has 2 rings (SSSR count). The monoisotopic (exact) mass is 191 g/mol. The van der Waals surface area contributed by atoms with Gasteiger partial charge >= 0.3 is 0 Å². The lowest BCUT2D eigenvalue weighted by molar-refractivity contribution is 0.536. The summed E-state index contributed by atoms with van der Waals surface area (Å²) in [6.07, 6.45) is 4.54. The molecule has 0 spiro atoms. The number of nitrogens with one attached hydrogen (secondary N) is 1. The number of hydrogen-bond donors (Lipinski definition) is 2. The van der Waals surface area contributed by atoms with Gasteiger partial charge in [0.05, 0.1) is 5.69 Å². The zero-order chi connectivity index (χ0) is 9.97. The molecule has 3 nitrogen and oxygen atoms in total. The van der Waals surface area contributed by atoms with Crippen molar-refractivity contribution in [2.24, 2.45) is 11.8 Å². The highest BCUT2D eigenvalue weighted by Crippen LogP contribution is 2.36. The fraction of sp³-hybridized carbons (Fsp3) is 0.545. The minimum atomic E-state index is 0.732. The van der Waals surface area contributed by atoms with E-state index in [2.05, 4.69) is 17.2 Å². The number of nitrogens with zero attached hydrogens (tertiary/aromatic N) is 1. The first-order chi connectivity index (χ1) is 6.77. The number of nitrogens with two attached hydrogens (primary N) is 1. The van der Waals surface area contributed by atoms with Gasteiger partial charge < -0.3 is 11.1 Å². The summed E-state index contributed by atoms with van der Waals surface area (Å²) in [7, 11) is 0. The third-order valence-electron chi connectivity index (χ3n) is 2.86. The lowest BCUT2D eigenvalue weighted by Crippen LogP contribution is -2.14. The first kappa shape index (κ1) is 9.31. The highest BCUT2D eigenvalue weighted by atomic mass is 15.0. The summed E-state index contributed by atoms with van der Waals surface area (Å²) in [6.45, 7) is 3.26. The largest absolute Gasteiger partial charge is 0.396 e. The molecule has 1 saturated carbocycles. The first-order valence-corrected chi connectivity index (χ1v) is 5.21. The van der Waals surface area contributed by atoms with Gasteiger partial charge in [-0.15, -0.1) is 0 Å². The van der Waals surface area contributed by atoms with Gasteiger partial charge in [0, 0.05) is 12.7 Å². The molecule has 14 heavy (non-hydrogen) atoms. The Kier molecular flexibility index (Phi) is 2.57. The first-order valence-electron chi connectivity index (χ1n) is 5.21. The maximum atomic E-state index is 5.77. The molecule has 1 heterocycles. The molecule has 0 radical (unpaired) electrons. The molecule has 1 aromatic heterocycles. The summed E-state index contributed by atoms with van der Waals surface area (Å²) in [6, 6.07) is 3.72. The molecule has 1 aromatic rings. The van der Waals surface area contributed by atoms with Gasteiger partial charge in [0.2, 0.25) is 0 Å². The van der Waals surface area contributed by atoms with Crippen LogP contribution in [0.3, 0.4) is 0 Å². The molecular formula is C11H17N3. The van der Waals surface area contributed by atoms with E-state index in [-0.39, 0.29) is 0 Å². The quantitative estimate of drug-likeness (QED) is 0.766. The van der Waals surface area contributed by atoms with Crippen molar-refractivity contribution in [1.82, 2.24) is 4.98 Å². The Morgan fingerprint density at radius 3 is 3.07 bits per heavy atom. The van der Waals surface area contributed by atoms with Crippen LogP contribution in [0.1, 0.15) is 19.8 Å². The van der Waals surface area contributed by atoms with E-state index in [1.54, 1.807) is 6.20 Å². The third kappa shape index (κ3) is 2.16. The molecule has 1 aliphatic carbocycles. The van der Waals surface area contributed by atoms with Crippen LogP contribution >= 0.6 is 0 Å². The van der Waals surface area contributed by atoms with Crippen LogP contribution in [0, 0.1) is 11.8 Å². The fourth-order valence-electron chi connectivity index (χ4n) is 1.66. The summed E-state index contributed by atoms with van der Waals surface area (Å²) in [5, 5.41) is 3.30. The second-order valence-electron chi connectivity index (χ2n) is 4.14. The predicted octanol–water partition coefficient (Wildman–Crippen LogP) is 2.12. The fourth-order valence-corrected chi connectivity index (χ4v) is 1.66. The van der Waals surface area contributed by atoms with E-state index in [4.69, 9.17) is 5.73 Å². The van der Waals surface area contributed by atoms with Crippen LogP contribution in [0.4, 0.5) is 11.5 Å². The highest BCUT2D eigenvalue weighted by Gasteiger charge is 2.27. The molecule has 0 amide bonds. The summed E-state index contributed by atoms with van der Waals surface area (Å²) in [5.74, 6) is 2.48. The second kappa shape index (κ2) is 3.86. The van der Waals surface area contributed by atoms with Crippen LogP contribution in [0.5, 0.6) is 0 Å². The van der Waals surface area contributed by atoms with Crippen LogP contribution in [0.25, 0.3) is 0 Å². The molecule has 1 aliphatic rings. The van der Waals surface area contributed by atoms with Gasteiger partial charge in [0.25, 0.3) is 0 Å². The molecule has 3 N–H and O–H groups in total. The van der Waals surface area contributed by atoms with Gasteiger partial charge in [-0.05, 0) is 36.8 Å². The number of rotatable bonds is 4. The minimum absolute atomic E-state index is 0.732. The van der Waals surface area contributed by atoms with Crippen molar-refractivity contribution in [3.63, 3.8) is 0 Å². The lowest BCUT2D eigenvalue weighted by Gasteiger charge is -2.12. The SMILES string of the molecule is CC(CNc1ncccc1N)C1CC1. The van der Waals surface area contributed by atoms with Crippen molar-refractivity contribution < 1.29 is 0 Å². The summed E-state index contributed by atoms with van der Waals surface area (Å²) < 4.78 is 0. The molecule has 0 aromatic carbocycles. The molecule has 1 unspecified atom stereocenters. The Hall–Kier alpha value is -1.25. The van der Waals surface area contributed by atoms with Crippen LogP contribution in [0.2, 0.25) is 0 Å². The number of hydrogen-bond acceptors (Lipinski definition) is 3. The van der Waals surface area contributed by atoms with Gasteiger partial charge in [-0.3, -0.25) is 0 Å². The van der Waals surface area contributed by atoms with Crippen LogP contribution in [0.15, 0.2) is 18.3 Å². The number of anilines is 2. The van der Waals surface area contributed by atoms with Crippen molar-refractivity contribution >= 4 is 11.5 Å². The molecular weight excluding hydrogens is 174 g/mol. The van der Waals surface area contributed by atoms with Crippen LogP contribution in [-0.2, 0) is 0 Å². The maximum Gasteiger partial charge on any atom is 0.149 e. The Morgan fingerprint density at radius 1 is 1.64 bits per heavy atom. The predicted molar refractivity (Wildman–Crippen MR) is 59.0 cm³/mol. The number of aromatic nitrogens is 1. The standard InChI is InChI=1S/C11H17N3/c1-8(9-4-5-9)7-14-11-10(12)3-2-6-13-11/h2-3,6,8-9H,4-5,7,12H2,1H3,(H,13,14). The van der Waals surface area contributed by atoms with Gasteiger partial charge in [-0.1, -0.05) is 6.92 Å². The van der Waals surface area contributed by atoms with E-state index in [0.717, 1.165) is 29.9 Å². The second-order valence-corrected chi connectivity index (χ2v) is 4.14. The zero-order valence-electron chi connectivity index (χ0n) is 8.53. The third-order valence-corrected chi connectivity index (χ3v) is 2.86. The van der Waals surface area contributed by atoms with Crippen molar-refractivity contribution in [2.75, 3.05) is 17.6 Å². The Morgan fingerprint density at radius 2 is 2.43 bits per heavy atom. The van der Waals surface area contributed by atoms with Crippen LogP contribution in [-0.4, -0.2) is 11.5 Å². The number of pyridine rings is 1. The van der Waals surface area contributed by atoms with Gasteiger partial charge in [-0.25, -0.2) is 4.98 Å². The van der Waals surface area contributed by atoms with Crippen molar-refractivity contribution in [3.05, 3.63) is 18.3 Å². The minimum Gasteiger partial charge on any atom is -0.396 e. The van der Waals surface area contributed by atoms with E-state index in [1.807, 2.05) is 12.1 Å². The highest BCUT2D eigenvalue weighted by molar-refractivity contribution is 5.60. The molecule has 1 fully saturated rings. The molecule has 0 saturated heterocycles.